The van der Waals surface area contributed by atoms with Crippen LogP contribution in [-0.4, -0.2) is 0 Å². The summed E-state index contributed by atoms with van der Waals surface area (Å²) in [5.41, 5.74) is 11.7. The predicted octanol–water partition coefficient (Wildman–Crippen LogP) is 4.70. The molecule has 1 unspecified atom stereocenters. The van der Waals surface area contributed by atoms with Crippen molar-refractivity contribution in [3.8, 4) is 0 Å². The third-order valence-electron chi connectivity index (χ3n) is 4.17. The molecule has 3 aromatic rings. The first-order chi connectivity index (χ1) is 10.1. The van der Waals surface area contributed by atoms with Crippen LogP contribution in [-0.2, 0) is 6.42 Å². The van der Waals surface area contributed by atoms with Crippen molar-refractivity contribution in [1.82, 2.24) is 0 Å². The van der Waals surface area contributed by atoms with Gasteiger partial charge in [-0.1, -0.05) is 66.2 Å². The first kappa shape index (κ1) is 13.8. The van der Waals surface area contributed by atoms with E-state index in [2.05, 4.69) is 74.5 Å². The molecule has 0 spiro atoms. The van der Waals surface area contributed by atoms with Crippen molar-refractivity contribution in [2.45, 2.75) is 26.3 Å². The van der Waals surface area contributed by atoms with E-state index in [0.29, 0.717) is 0 Å². The second-order valence-electron chi connectivity index (χ2n) is 5.81. The van der Waals surface area contributed by atoms with Gasteiger partial charge >= 0.3 is 0 Å². The van der Waals surface area contributed by atoms with Gasteiger partial charge in [-0.05, 0) is 47.7 Å². The zero-order valence-corrected chi connectivity index (χ0v) is 12.6. The van der Waals surface area contributed by atoms with Gasteiger partial charge in [0.05, 0.1) is 0 Å². The number of benzene rings is 3. The van der Waals surface area contributed by atoms with Crippen molar-refractivity contribution in [3.63, 3.8) is 0 Å². The first-order valence-electron chi connectivity index (χ1n) is 7.44. The number of hydrogen-bond acceptors (Lipinski definition) is 1. The monoisotopic (exact) mass is 275 g/mol. The lowest BCUT2D eigenvalue weighted by atomic mass is 9.92. The van der Waals surface area contributed by atoms with Gasteiger partial charge in [0.2, 0.25) is 0 Å². The van der Waals surface area contributed by atoms with Crippen LogP contribution in [0.2, 0.25) is 0 Å². The molecular weight excluding hydrogens is 254 g/mol. The fourth-order valence-corrected chi connectivity index (χ4v) is 2.94. The van der Waals surface area contributed by atoms with Gasteiger partial charge in [0, 0.05) is 6.04 Å². The van der Waals surface area contributed by atoms with E-state index in [0.717, 1.165) is 6.42 Å². The highest BCUT2D eigenvalue weighted by atomic mass is 14.6. The van der Waals surface area contributed by atoms with Crippen molar-refractivity contribution in [1.29, 1.82) is 0 Å². The molecule has 1 heteroatoms. The summed E-state index contributed by atoms with van der Waals surface area (Å²) in [6.07, 6.45) is 0.877. The quantitative estimate of drug-likeness (QED) is 0.736. The highest BCUT2D eigenvalue weighted by Gasteiger charge is 2.11. The molecule has 0 saturated carbocycles. The van der Waals surface area contributed by atoms with E-state index in [1.807, 2.05) is 0 Å². The Kier molecular flexibility index (Phi) is 3.76. The van der Waals surface area contributed by atoms with Crippen LogP contribution in [0.5, 0.6) is 0 Å². The lowest BCUT2D eigenvalue weighted by molar-refractivity contribution is 0.724. The summed E-state index contributed by atoms with van der Waals surface area (Å²) in [5, 5.41) is 2.52. The molecule has 0 amide bonds. The highest BCUT2D eigenvalue weighted by molar-refractivity contribution is 5.86. The summed E-state index contributed by atoms with van der Waals surface area (Å²) in [5.74, 6) is 0. The molecule has 2 N–H and O–H groups in total. The smallest absolute Gasteiger partial charge is 0.0342 e. The standard InChI is InChI=1S/C20H21N/c1-14-10-11-15(2)17(12-14)13-20(21)19-9-5-7-16-6-3-4-8-18(16)19/h3-12,20H,13,21H2,1-2H3. The Balaban J connectivity index is 1.97. The maximum atomic E-state index is 6.51. The summed E-state index contributed by atoms with van der Waals surface area (Å²) < 4.78 is 0. The number of nitrogens with two attached hydrogens (primary N) is 1. The Labute approximate surface area is 126 Å². The van der Waals surface area contributed by atoms with E-state index >= 15 is 0 Å². The van der Waals surface area contributed by atoms with Crippen LogP contribution >= 0.6 is 0 Å². The van der Waals surface area contributed by atoms with Gasteiger partial charge in [0.1, 0.15) is 0 Å². The summed E-state index contributed by atoms with van der Waals surface area (Å²) >= 11 is 0. The Hall–Kier alpha value is -2.12. The minimum absolute atomic E-state index is 0.0246. The average Bonchev–Trinajstić information content (AvgIpc) is 2.50. The van der Waals surface area contributed by atoms with Crippen molar-refractivity contribution >= 4 is 10.8 Å². The van der Waals surface area contributed by atoms with E-state index in [4.69, 9.17) is 5.73 Å². The molecule has 0 radical (unpaired) electrons. The van der Waals surface area contributed by atoms with Crippen molar-refractivity contribution in [2.24, 2.45) is 5.73 Å². The van der Waals surface area contributed by atoms with Gasteiger partial charge in [-0.3, -0.25) is 0 Å². The SMILES string of the molecule is Cc1ccc(C)c(CC(N)c2cccc3ccccc23)c1. The van der Waals surface area contributed by atoms with Crippen molar-refractivity contribution in [3.05, 3.63) is 82.9 Å². The van der Waals surface area contributed by atoms with Gasteiger partial charge in [0.15, 0.2) is 0 Å². The maximum Gasteiger partial charge on any atom is 0.0342 e. The molecule has 0 aliphatic heterocycles. The molecule has 0 aliphatic carbocycles. The molecule has 3 rings (SSSR count). The normalized spacial score (nSPS) is 12.5. The third-order valence-corrected chi connectivity index (χ3v) is 4.17. The van der Waals surface area contributed by atoms with Gasteiger partial charge < -0.3 is 5.73 Å². The molecule has 0 aliphatic rings. The number of hydrogen-bond donors (Lipinski definition) is 1. The van der Waals surface area contributed by atoms with Crippen LogP contribution in [0.4, 0.5) is 0 Å². The van der Waals surface area contributed by atoms with Gasteiger partial charge in [-0.25, -0.2) is 0 Å². The highest BCUT2D eigenvalue weighted by Crippen LogP contribution is 2.26. The van der Waals surface area contributed by atoms with E-state index in [1.54, 1.807) is 0 Å². The molecule has 0 saturated heterocycles. The Morgan fingerprint density at radius 1 is 0.905 bits per heavy atom. The zero-order chi connectivity index (χ0) is 14.8. The third kappa shape index (κ3) is 2.84. The predicted molar refractivity (Wildman–Crippen MR) is 90.5 cm³/mol. The molecule has 0 bridgehead atoms. The van der Waals surface area contributed by atoms with Gasteiger partial charge in [-0.2, -0.15) is 0 Å². The number of rotatable bonds is 3. The number of aryl methyl sites for hydroxylation is 2. The van der Waals surface area contributed by atoms with Gasteiger partial charge in [-0.15, -0.1) is 0 Å². The largest absolute Gasteiger partial charge is 0.324 e. The Bertz CT molecular complexity index is 768. The van der Waals surface area contributed by atoms with Crippen LogP contribution in [0.25, 0.3) is 10.8 Å². The van der Waals surface area contributed by atoms with E-state index in [1.165, 1.54) is 33.0 Å². The molecule has 1 nitrogen and oxygen atoms in total. The molecule has 106 valence electrons. The van der Waals surface area contributed by atoms with E-state index in [-0.39, 0.29) is 6.04 Å². The van der Waals surface area contributed by atoms with Gasteiger partial charge in [0.25, 0.3) is 0 Å². The molecule has 1 atom stereocenters. The van der Waals surface area contributed by atoms with Crippen LogP contribution in [0, 0.1) is 13.8 Å². The van der Waals surface area contributed by atoms with Crippen LogP contribution in [0.15, 0.2) is 60.7 Å². The van der Waals surface area contributed by atoms with Crippen LogP contribution in [0.1, 0.15) is 28.3 Å². The second-order valence-corrected chi connectivity index (χ2v) is 5.81. The molecule has 0 aromatic heterocycles. The zero-order valence-electron chi connectivity index (χ0n) is 12.6. The van der Waals surface area contributed by atoms with E-state index < -0.39 is 0 Å². The Morgan fingerprint density at radius 3 is 2.52 bits per heavy atom. The number of fused-ring (bicyclic) bond motifs is 1. The molecule has 0 heterocycles. The minimum atomic E-state index is 0.0246. The minimum Gasteiger partial charge on any atom is -0.324 e. The molecule has 21 heavy (non-hydrogen) atoms. The Morgan fingerprint density at radius 2 is 1.67 bits per heavy atom. The lowest BCUT2D eigenvalue weighted by Gasteiger charge is -2.16. The maximum absolute atomic E-state index is 6.51. The summed E-state index contributed by atoms with van der Waals surface area (Å²) in [6.45, 7) is 4.29. The van der Waals surface area contributed by atoms with Crippen molar-refractivity contribution in [2.75, 3.05) is 0 Å². The summed E-state index contributed by atoms with van der Waals surface area (Å²) in [7, 11) is 0. The fourth-order valence-electron chi connectivity index (χ4n) is 2.94. The average molecular weight is 275 g/mol. The van der Waals surface area contributed by atoms with Crippen LogP contribution in [0.3, 0.4) is 0 Å². The topological polar surface area (TPSA) is 26.0 Å². The van der Waals surface area contributed by atoms with E-state index in [9.17, 15) is 0 Å². The molecule has 0 fully saturated rings. The lowest BCUT2D eigenvalue weighted by Crippen LogP contribution is -2.14. The summed E-state index contributed by atoms with van der Waals surface area (Å²) in [6, 6.07) is 21.5. The summed E-state index contributed by atoms with van der Waals surface area (Å²) in [4.78, 5) is 0. The second kappa shape index (κ2) is 5.71. The first-order valence-corrected chi connectivity index (χ1v) is 7.44. The molecular formula is C20H21N. The van der Waals surface area contributed by atoms with Crippen molar-refractivity contribution < 1.29 is 0 Å². The molecule has 3 aromatic carbocycles. The fraction of sp³-hybridized carbons (Fsp3) is 0.200. The van der Waals surface area contributed by atoms with Crippen LogP contribution < -0.4 is 5.73 Å².